The Morgan fingerprint density at radius 2 is 2.00 bits per heavy atom. The number of hydrogen-bond donors (Lipinski definition) is 1. The monoisotopic (exact) mass is 222 g/mol. The van der Waals surface area contributed by atoms with Gasteiger partial charge in [0.25, 0.3) is 0 Å². The van der Waals surface area contributed by atoms with E-state index in [-0.39, 0.29) is 0 Å². The van der Waals surface area contributed by atoms with E-state index < -0.39 is 6.10 Å². The van der Waals surface area contributed by atoms with Crippen LogP contribution < -0.4 is 9.47 Å². The minimum Gasteiger partial charge on any atom is -0.497 e. The molecule has 88 valence electrons. The van der Waals surface area contributed by atoms with Crippen LogP contribution in [0.25, 0.3) is 5.57 Å². The van der Waals surface area contributed by atoms with E-state index in [4.69, 9.17) is 9.47 Å². The summed E-state index contributed by atoms with van der Waals surface area (Å²) in [6, 6.07) is 5.60. The van der Waals surface area contributed by atoms with Crippen LogP contribution in [0.2, 0.25) is 0 Å². The average molecular weight is 222 g/mol. The molecule has 3 nitrogen and oxygen atoms in total. The van der Waals surface area contributed by atoms with Crippen molar-refractivity contribution in [1.82, 2.24) is 0 Å². The quantitative estimate of drug-likeness (QED) is 0.850. The average Bonchev–Trinajstić information content (AvgIpc) is 2.27. The molecule has 0 saturated heterocycles. The second kappa shape index (κ2) is 5.56. The fourth-order valence-corrected chi connectivity index (χ4v) is 1.57. The van der Waals surface area contributed by atoms with Crippen molar-refractivity contribution >= 4 is 5.57 Å². The van der Waals surface area contributed by atoms with Crippen LogP contribution in [0.1, 0.15) is 19.4 Å². The highest BCUT2D eigenvalue weighted by atomic mass is 16.5. The van der Waals surface area contributed by atoms with Crippen LogP contribution in [0.3, 0.4) is 0 Å². The zero-order valence-electron chi connectivity index (χ0n) is 10.2. The van der Waals surface area contributed by atoms with Crippen LogP contribution in [0.4, 0.5) is 0 Å². The maximum atomic E-state index is 9.33. The van der Waals surface area contributed by atoms with Crippen molar-refractivity contribution in [3.8, 4) is 11.5 Å². The van der Waals surface area contributed by atoms with E-state index in [1.165, 1.54) is 0 Å². The lowest BCUT2D eigenvalue weighted by Gasteiger charge is -2.11. The third-order valence-corrected chi connectivity index (χ3v) is 2.32. The van der Waals surface area contributed by atoms with E-state index >= 15 is 0 Å². The highest BCUT2D eigenvalue weighted by molar-refractivity contribution is 5.70. The maximum absolute atomic E-state index is 9.33. The predicted octanol–water partition coefficient (Wildman–Crippen LogP) is 2.49. The van der Waals surface area contributed by atoms with Crippen molar-refractivity contribution in [3.05, 3.63) is 29.8 Å². The summed E-state index contributed by atoms with van der Waals surface area (Å²) < 4.78 is 10.4. The molecule has 0 saturated carbocycles. The van der Waals surface area contributed by atoms with Gasteiger partial charge in [0, 0.05) is 5.56 Å². The maximum Gasteiger partial charge on any atom is 0.126 e. The van der Waals surface area contributed by atoms with Gasteiger partial charge in [-0.1, -0.05) is 6.08 Å². The highest BCUT2D eigenvalue weighted by Gasteiger charge is 2.07. The summed E-state index contributed by atoms with van der Waals surface area (Å²) in [6.45, 7) is 3.65. The van der Waals surface area contributed by atoms with Crippen molar-refractivity contribution in [2.75, 3.05) is 14.2 Å². The van der Waals surface area contributed by atoms with Crippen LogP contribution in [0.15, 0.2) is 24.3 Å². The molecule has 1 N–H and O–H groups in total. The predicted molar refractivity (Wildman–Crippen MR) is 64.9 cm³/mol. The molecule has 0 aliphatic carbocycles. The molecular formula is C13H18O3. The SMILES string of the molecule is COc1ccc(OC)c(/C(C)=C/C(C)O)c1. The van der Waals surface area contributed by atoms with Gasteiger partial charge in [0.05, 0.1) is 20.3 Å². The molecule has 1 unspecified atom stereocenters. The largest absolute Gasteiger partial charge is 0.497 e. The van der Waals surface area contributed by atoms with Gasteiger partial charge in [0.2, 0.25) is 0 Å². The Balaban J connectivity index is 3.18. The van der Waals surface area contributed by atoms with Gasteiger partial charge in [0.1, 0.15) is 11.5 Å². The van der Waals surface area contributed by atoms with Crippen LogP contribution >= 0.6 is 0 Å². The van der Waals surface area contributed by atoms with Crippen molar-refractivity contribution in [3.63, 3.8) is 0 Å². The van der Waals surface area contributed by atoms with E-state index in [1.54, 1.807) is 27.2 Å². The van der Waals surface area contributed by atoms with Crippen LogP contribution in [-0.2, 0) is 0 Å². The van der Waals surface area contributed by atoms with E-state index in [0.717, 1.165) is 22.6 Å². The van der Waals surface area contributed by atoms with Gasteiger partial charge in [-0.25, -0.2) is 0 Å². The van der Waals surface area contributed by atoms with Gasteiger partial charge in [-0.15, -0.1) is 0 Å². The van der Waals surface area contributed by atoms with Gasteiger partial charge >= 0.3 is 0 Å². The second-order valence-electron chi connectivity index (χ2n) is 3.66. The zero-order valence-corrected chi connectivity index (χ0v) is 10.2. The standard InChI is InChI=1S/C13H18O3/c1-9(7-10(2)14)12-8-11(15-3)5-6-13(12)16-4/h5-8,10,14H,1-4H3/b9-7+. The van der Waals surface area contributed by atoms with E-state index in [1.807, 2.05) is 25.1 Å². The lowest BCUT2D eigenvalue weighted by Crippen LogP contribution is -1.97. The van der Waals surface area contributed by atoms with Gasteiger partial charge in [-0.2, -0.15) is 0 Å². The van der Waals surface area contributed by atoms with Gasteiger partial charge in [-0.05, 0) is 37.6 Å². The number of methoxy groups -OCH3 is 2. The summed E-state index contributed by atoms with van der Waals surface area (Å²) in [6.07, 6.45) is 1.30. The molecule has 1 aromatic carbocycles. The highest BCUT2D eigenvalue weighted by Crippen LogP contribution is 2.29. The Morgan fingerprint density at radius 1 is 1.31 bits per heavy atom. The van der Waals surface area contributed by atoms with Gasteiger partial charge in [0.15, 0.2) is 0 Å². The number of rotatable bonds is 4. The molecule has 1 aromatic rings. The van der Waals surface area contributed by atoms with Crippen molar-refractivity contribution in [2.24, 2.45) is 0 Å². The lowest BCUT2D eigenvalue weighted by molar-refractivity contribution is 0.244. The summed E-state index contributed by atoms with van der Waals surface area (Å²) >= 11 is 0. The van der Waals surface area contributed by atoms with Crippen LogP contribution in [-0.4, -0.2) is 25.4 Å². The van der Waals surface area contributed by atoms with Gasteiger partial charge < -0.3 is 14.6 Å². The summed E-state index contributed by atoms with van der Waals surface area (Å²) in [5, 5.41) is 9.33. The van der Waals surface area contributed by atoms with E-state index in [2.05, 4.69) is 0 Å². The molecule has 0 aromatic heterocycles. The number of allylic oxidation sites excluding steroid dienone is 1. The van der Waals surface area contributed by atoms with E-state index in [9.17, 15) is 5.11 Å². The number of ether oxygens (including phenoxy) is 2. The Bertz CT molecular complexity index is 381. The molecule has 0 heterocycles. The van der Waals surface area contributed by atoms with Crippen molar-refractivity contribution in [2.45, 2.75) is 20.0 Å². The molecule has 0 bridgehead atoms. The molecule has 0 spiro atoms. The van der Waals surface area contributed by atoms with Crippen molar-refractivity contribution in [1.29, 1.82) is 0 Å². The normalized spacial score (nSPS) is 13.4. The second-order valence-corrected chi connectivity index (χ2v) is 3.66. The molecule has 16 heavy (non-hydrogen) atoms. The third-order valence-electron chi connectivity index (χ3n) is 2.32. The molecule has 1 atom stereocenters. The Hall–Kier alpha value is -1.48. The lowest BCUT2D eigenvalue weighted by atomic mass is 10.0. The minimum absolute atomic E-state index is 0.476. The fourth-order valence-electron chi connectivity index (χ4n) is 1.57. The first-order chi connectivity index (χ1) is 7.58. The minimum atomic E-state index is -0.476. The molecular weight excluding hydrogens is 204 g/mol. The first-order valence-corrected chi connectivity index (χ1v) is 5.17. The summed E-state index contributed by atoms with van der Waals surface area (Å²) in [5.41, 5.74) is 1.90. The first-order valence-electron chi connectivity index (χ1n) is 5.17. The fraction of sp³-hybridized carbons (Fsp3) is 0.385. The smallest absolute Gasteiger partial charge is 0.126 e. The zero-order chi connectivity index (χ0) is 12.1. The Kier molecular flexibility index (Phi) is 4.38. The third kappa shape index (κ3) is 3.00. The summed E-state index contributed by atoms with van der Waals surface area (Å²) in [5.74, 6) is 1.55. The van der Waals surface area contributed by atoms with E-state index in [0.29, 0.717) is 0 Å². The number of aliphatic hydroxyl groups excluding tert-OH is 1. The Labute approximate surface area is 96.3 Å². The summed E-state index contributed by atoms with van der Waals surface area (Å²) in [4.78, 5) is 0. The topological polar surface area (TPSA) is 38.7 Å². The molecule has 0 amide bonds. The Morgan fingerprint density at radius 3 is 2.50 bits per heavy atom. The number of aliphatic hydroxyl groups is 1. The van der Waals surface area contributed by atoms with Crippen molar-refractivity contribution < 1.29 is 14.6 Å². The van der Waals surface area contributed by atoms with Crippen LogP contribution in [0.5, 0.6) is 11.5 Å². The summed E-state index contributed by atoms with van der Waals surface area (Å²) in [7, 11) is 3.25. The number of hydrogen-bond acceptors (Lipinski definition) is 3. The first kappa shape index (κ1) is 12.6. The molecule has 3 heteroatoms. The molecule has 0 aliphatic rings. The molecule has 1 rings (SSSR count). The number of benzene rings is 1. The molecule has 0 fully saturated rings. The van der Waals surface area contributed by atoms with Crippen LogP contribution in [0, 0.1) is 0 Å². The molecule has 0 aliphatic heterocycles. The van der Waals surface area contributed by atoms with Gasteiger partial charge in [-0.3, -0.25) is 0 Å². The molecule has 0 radical (unpaired) electrons.